The minimum atomic E-state index is -0.423. The summed E-state index contributed by atoms with van der Waals surface area (Å²) in [5.41, 5.74) is 0.560. The highest BCUT2D eigenvalue weighted by Crippen LogP contribution is 2.18. The van der Waals surface area contributed by atoms with Crippen molar-refractivity contribution < 1.29 is 4.92 Å². The van der Waals surface area contributed by atoms with Gasteiger partial charge in [-0.15, -0.1) is 0 Å². The van der Waals surface area contributed by atoms with Gasteiger partial charge in [0.05, 0.1) is 10.5 Å². The van der Waals surface area contributed by atoms with Gasteiger partial charge in [0.1, 0.15) is 5.82 Å². The van der Waals surface area contributed by atoms with Gasteiger partial charge in [-0.25, -0.2) is 0 Å². The van der Waals surface area contributed by atoms with E-state index in [1.54, 1.807) is 37.3 Å². The van der Waals surface area contributed by atoms with Crippen LogP contribution in [0.5, 0.6) is 0 Å². The Kier molecular flexibility index (Phi) is 4.16. The molecule has 7 nitrogen and oxygen atoms in total. The van der Waals surface area contributed by atoms with E-state index in [0.717, 1.165) is 0 Å². The van der Waals surface area contributed by atoms with Crippen LogP contribution in [0.1, 0.15) is 11.4 Å². The van der Waals surface area contributed by atoms with Gasteiger partial charge < -0.3 is 0 Å². The molecule has 0 atom stereocenters. The molecule has 2 rings (SSSR count). The van der Waals surface area contributed by atoms with Crippen molar-refractivity contribution >= 4 is 30.2 Å². The zero-order valence-corrected chi connectivity index (χ0v) is 11.4. The number of benzene rings is 1. The average Bonchev–Trinajstić information content (AvgIpc) is 2.75. The number of rotatable bonds is 4. The quantitative estimate of drug-likeness (QED) is 0.405. The van der Waals surface area contributed by atoms with Gasteiger partial charge in [-0.05, 0) is 37.4 Å². The molecule has 0 unspecified atom stereocenters. The molecule has 20 heavy (non-hydrogen) atoms. The van der Waals surface area contributed by atoms with Crippen molar-refractivity contribution in [2.24, 2.45) is 5.10 Å². The van der Waals surface area contributed by atoms with E-state index in [1.165, 1.54) is 17.0 Å². The number of nitro benzene ring substituents is 1. The summed E-state index contributed by atoms with van der Waals surface area (Å²) < 4.78 is 1.84. The lowest BCUT2D eigenvalue weighted by molar-refractivity contribution is -0.385. The predicted molar refractivity (Wildman–Crippen MR) is 78.2 cm³/mol. The maximum atomic E-state index is 10.8. The van der Waals surface area contributed by atoms with E-state index in [-0.39, 0.29) is 5.69 Å². The molecular weight excluding hydrogens is 278 g/mol. The van der Waals surface area contributed by atoms with Crippen molar-refractivity contribution in [1.82, 2.24) is 14.9 Å². The van der Waals surface area contributed by atoms with Crippen LogP contribution in [-0.4, -0.2) is 26.0 Å². The fourth-order valence-corrected chi connectivity index (χ4v) is 1.78. The summed E-state index contributed by atoms with van der Waals surface area (Å²) in [5, 5.41) is 21.4. The Labute approximate surface area is 119 Å². The molecule has 0 saturated heterocycles. The number of nitrogens with zero attached hydrogens (tertiary/aromatic N) is 4. The number of aryl methyl sites for hydroxylation is 1. The van der Waals surface area contributed by atoms with Crippen LogP contribution >= 0.6 is 12.2 Å². The van der Waals surface area contributed by atoms with Crippen LogP contribution in [0.2, 0.25) is 0 Å². The minimum Gasteiger partial charge on any atom is -0.258 e. The van der Waals surface area contributed by atoms with E-state index >= 15 is 0 Å². The number of nitrogens with one attached hydrogen (secondary N) is 1. The molecule has 2 aromatic rings. The molecule has 0 saturated carbocycles. The number of allylic oxidation sites excluding steroid dienone is 1. The molecule has 0 bridgehead atoms. The van der Waals surface area contributed by atoms with Crippen molar-refractivity contribution in [2.75, 3.05) is 0 Å². The number of hydrogen-bond acceptors (Lipinski definition) is 5. The normalized spacial score (nSPS) is 11.4. The SMILES string of the molecule is Cc1n[nH]c(=S)n1/N=C\C=C\c1ccccc1[N+](=O)[O-]. The number of hydrogen-bond donors (Lipinski definition) is 1. The Morgan fingerprint density at radius 3 is 2.90 bits per heavy atom. The highest BCUT2D eigenvalue weighted by molar-refractivity contribution is 7.71. The maximum absolute atomic E-state index is 10.8. The summed E-state index contributed by atoms with van der Waals surface area (Å²) in [4.78, 5) is 10.4. The average molecular weight is 289 g/mol. The fraction of sp³-hybridized carbons (Fsp3) is 0.0833. The van der Waals surface area contributed by atoms with E-state index in [9.17, 15) is 10.1 Å². The molecule has 1 aromatic carbocycles. The van der Waals surface area contributed by atoms with Gasteiger partial charge in [0.25, 0.3) is 5.69 Å². The first kappa shape index (κ1) is 13.8. The number of H-pyrrole nitrogens is 1. The minimum absolute atomic E-state index is 0.0493. The Hall–Kier alpha value is -2.61. The molecule has 0 aliphatic carbocycles. The highest BCUT2D eigenvalue weighted by atomic mass is 32.1. The molecule has 1 heterocycles. The van der Waals surface area contributed by atoms with Crippen LogP contribution in [0, 0.1) is 21.8 Å². The lowest BCUT2D eigenvalue weighted by Gasteiger charge is -1.95. The van der Waals surface area contributed by atoms with Crippen molar-refractivity contribution in [2.45, 2.75) is 6.92 Å². The molecule has 0 aliphatic heterocycles. The Morgan fingerprint density at radius 1 is 1.50 bits per heavy atom. The van der Waals surface area contributed by atoms with Crippen molar-refractivity contribution in [3.8, 4) is 0 Å². The van der Waals surface area contributed by atoms with Crippen LogP contribution < -0.4 is 0 Å². The van der Waals surface area contributed by atoms with Gasteiger partial charge in [-0.3, -0.25) is 15.2 Å². The number of nitro groups is 1. The molecule has 102 valence electrons. The van der Waals surface area contributed by atoms with Gasteiger partial charge >= 0.3 is 0 Å². The van der Waals surface area contributed by atoms with Gasteiger partial charge in [0, 0.05) is 12.3 Å². The smallest absolute Gasteiger partial charge is 0.258 e. The standard InChI is InChI=1S/C12H11N5O2S/c1-9-14-15-12(20)16(9)13-8-4-6-10-5-2-3-7-11(10)17(18)19/h2-8H,1H3,(H,15,20)/b6-4+,13-8-. The molecule has 1 aromatic heterocycles. The van der Waals surface area contributed by atoms with E-state index in [2.05, 4.69) is 15.3 Å². The van der Waals surface area contributed by atoms with Crippen molar-refractivity contribution in [3.63, 3.8) is 0 Å². The highest BCUT2D eigenvalue weighted by Gasteiger charge is 2.08. The third-order valence-corrected chi connectivity index (χ3v) is 2.75. The molecule has 0 fully saturated rings. The van der Waals surface area contributed by atoms with Crippen LogP contribution in [-0.2, 0) is 0 Å². The second-order valence-corrected chi connectivity index (χ2v) is 4.21. The summed E-state index contributed by atoms with van der Waals surface area (Å²) in [5.74, 6) is 0.630. The second-order valence-electron chi connectivity index (χ2n) is 3.83. The monoisotopic (exact) mass is 289 g/mol. The molecule has 1 N–H and O–H groups in total. The van der Waals surface area contributed by atoms with Gasteiger partial charge in [-0.2, -0.15) is 14.9 Å². The molecular formula is C12H11N5O2S. The van der Waals surface area contributed by atoms with Crippen molar-refractivity contribution in [3.05, 3.63) is 56.6 Å². The fourth-order valence-electron chi connectivity index (χ4n) is 1.55. The van der Waals surface area contributed by atoms with E-state index in [0.29, 0.717) is 16.2 Å². The Balaban J connectivity index is 2.19. The summed E-state index contributed by atoms with van der Waals surface area (Å²) in [6.07, 6.45) is 4.71. The van der Waals surface area contributed by atoms with Gasteiger partial charge in [-0.1, -0.05) is 12.1 Å². The zero-order valence-electron chi connectivity index (χ0n) is 10.6. The van der Waals surface area contributed by atoms with E-state index in [1.807, 2.05) is 0 Å². The molecule has 0 radical (unpaired) electrons. The molecule has 0 amide bonds. The first-order chi connectivity index (χ1) is 9.59. The Bertz CT molecular complexity index is 744. The largest absolute Gasteiger partial charge is 0.276 e. The summed E-state index contributed by atoms with van der Waals surface area (Å²) in [6.45, 7) is 1.76. The van der Waals surface area contributed by atoms with Crippen LogP contribution in [0.3, 0.4) is 0 Å². The van der Waals surface area contributed by atoms with Crippen LogP contribution in [0.25, 0.3) is 6.08 Å². The second kappa shape index (κ2) is 6.02. The third kappa shape index (κ3) is 3.04. The number of para-hydroxylation sites is 1. The lowest BCUT2D eigenvalue weighted by atomic mass is 10.2. The maximum Gasteiger partial charge on any atom is 0.276 e. The predicted octanol–water partition coefficient (Wildman–Crippen LogP) is 2.70. The lowest BCUT2D eigenvalue weighted by Crippen LogP contribution is -1.92. The number of aromatic amines is 1. The van der Waals surface area contributed by atoms with Crippen molar-refractivity contribution in [1.29, 1.82) is 0 Å². The summed E-state index contributed by atoms with van der Waals surface area (Å²) in [6, 6.07) is 6.47. The third-order valence-electron chi connectivity index (χ3n) is 2.49. The molecule has 0 spiro atoms. The van der Waals surface area contributed by atoms with E-state index < -0.39 is 4.92 Å². The Morgan fingerprint density at radius 2 is 2.25 bits per heavy atom. The zero-order chi connectivity index (χ0) is 14.5. The molecule has 8 heteroatoms. The topological polar surface area (TPSA) is 89.1 Å². The summed E-state index contributed by atoms with van der Waals surface area (Å²) in [7, 11) is 0. The van der Waals surface area contributed by atoms with Crippen LogP contribution in [0.15, 0.2) is 35.4 Å². The first-order valence-corrected chi connectivity index (χ1v) is 6.09. The molecule has 0 aliphatic rings. The first-order valence-electron chi connectivity index (χ1n) is 5.68. The van der Waals surface area contributed by atoms with Gasteiger partial charge in [0.15, 0.2) is 0 Å². The van der Waals surface area contributed by atoms with Gasteiger partial charge in [0.2, 0.25) is 4.77 Å². The van der Waals surface area contributed by atoms with Crippen LogP contribution in [0.4, 0.5) is 5.69 Å². The number of aromatic nitrogens is 3. The summed E-state index contributed by atoms with van der Waals surface area (Å²) >= 11 is 4.99. The van der Waals surface area contributed by atoms with E-state index in [4.69, 9.17) is 12.2 Å².